The summed E-state index contributed by atoms with van der Waals surface area (Å²) in [5.41, 5.74) is 2.55. The van der Waals surface area contributed by atoms with Gasteiger partial charge in [0.25, 0.3) is 0 Å². The maximum Gasteiger partial charge on any atom is 0.306 e. The number of anilines is 1. The average Bonchev–Trinajstić information content (AvgIpc) is 3.10. The number of benzene rings is 1. The van der Waals surface area contributed by atoms with Crippen LogP contribution < -0.4 is 5.32 Å². The summed E-state index contributed by atoms with van der Waals surface area (Å²) in [6.45, 7) is 2.23. The predicted octanol–water partition coefficient (Wildman–Crippen LogP) is 3.57. The highest BCUT2D eigenvalue weighted by molar-refractivity contribution is 5.76. The third-order valence-corrected chi connectivity index (χ3v) is 6.48. The Morgan fingerprint density at radius 1 is 1.17 bits per heavy atom. The van der Waals surface area contributed by atoms with Crippen molar-refractivity contribution >= 4 is 17.7 Å². The number of likely N-dealkylation sites (tertiary alicyclic amines) is 1. The minimum Gasteiger partial charge on any atom is -0.469 e. The maximum atomic E-state index is 12.8. The fourth-order valence-electron chi connectivity index (χ4n) is 5.03. The first-order chi connectivity index (χ1) is 14.7. The number of pyridine rings is 1. The lowest BCUT2D eigenvalue weighted by Crippen LogP contribution is -2.42. The topological polar surface area (TPSA) is 71.5 Å². The first-order valence-electron chi connectivity index (χ1n) is 10.8. The van der Waals surface area contributed by atoms with Gasteiger partial charge in [-0.25, -0.2) is 4.98 Å². The number of rotatable bonds is 7. The molecule has 1 N–H and O–H groups in total. The Labute approximate surface area is 177 Å². The summed E-state index contributed by atoms with van der Waals surface area (Å²) in [4.78, 5) is 31.1. The van der Waals surface area contributed by atoms with Crippen LogP contribution in [0.25, 0.3) is 0 Å². The van der Waals surface area contributed by atoms with Crippen molar-refractivity contribution in [1.29, 1.82) is 0 Å². The molecule has 2 aromatic rings. The Kier molecular flexibility index (Phi) is 6.31. The fraction of sp³-hybridized carbons (Fsp3) is 0.458. The molecular weight excluding hydrogens is 378 g/mol. The third-order valence-electron chi connectivity index (χ3n) is 6.48. The van der Waals surface area contributed by atoms with E-state index in [-0.39, 0.29) is 17.8 Å². The third kappa shape index (κ3) is 4.32. The van der Waals surface area contributed by atoms with Crippen LogP contribution in [0.1, 0.15) is 48.6 Å². The number of amides is 1. The molecule has 158 valence electrons. The monoisotopic (exact) mass is 407 g/mol. The highest BCUT2D eigenvalue weighted by Gasteiger charge is 2.44. The molecule has 0 unspecified atom stereocenters. The fourth-order valence-corrected chi connectivity index (χ4v) is 5.03. The molecule has 1 fully saturated rings. The second-order valence-corrected chi connectivity index (χ2v) is 8.16. The lowest BCUT2D eigenvalue weighted by atomic mass is 9.80. The van der Waals surface area contributed by atoms with E-state index in [1.165, 1.54) is 18.2 Å². The molecule has 30 heavy (non-hydrogen) atoms. The standard InChI is InChI=1S/C24H29N3O3/c1-30-24(29)15-20-17-7-2-3-8-18(17)21-16-27(14-11-19(20)21)23(28)10-6-13-26-22-9-4-5-12-25-22/h2-5,7-9,12,19-21H,6,10-11,13-16H2,1H3,(H,25,26)/t19-,20+,21+/m1/s1. The van der Waals surface area contributed by atoms with Crippen molar-refractivity contribution in [3.05, 3.63) is 59.8 Å². The molecular formula is C24H29N3O3. The number of ether oxygens (including phenoxy) is 1. The molecule has 6 heteroatoms. The molecule has 3 atom stereocenters. The van der Waals surface area contributed by atoms with Gasteiger partial charge in [0.2, 0.25) is 5.91 Å². The number of nitrogens with one attached hydrogen (secondary N) is 1. The second-order valence-electron chi connectivity index (χ2n) is 8.16. The number of nitrogens with zero attached hydrogens (tertiary/aromatic N) is 2. The van der Waals surface area contributed by atoms with Gasteiger partial charge in [-0.05, 0) is 47.9 Å². The molecule has 1 aliphatic carbocycles. The van der Waals surface area contributed by atoms with Crippen molar-refractivity contribution in [2.24, 2.45) is 5.92 Å². The summed E-state index contributed by atoms with van der Waals surface area (Å²) < 4.78 is 4.94. The highest BCUT2D eigenvalue weighted by Crippen LogP contribution is 2.51. The van der Waals surface area contributed by atoms with Gasteiger partial charge in [0.15, 0.2) is 0 Å². The van der Waals surface area contributed by atoms with Crippen molar-refractivity contribution < 1.29 is 14.3 Å². The molecule has 1 aromatic carbocycles. The number of hydrogen-bond donors (Lipinski definition) is 1. The first-order valence-corrected chi connectivity index (χ1v) is 10.8. The van der Waals surface area contributed by atoms with Crippen LogP contribution in [0, 0.1) is 5.92 Å². The van der Waals surface area contributed by atoms with Gasteiger partial charge < -0.3 is 15.0 Å². The molecule has 1 aliphatic heterocycles. The van der Waals surface area contributed by atoms with Gasteiger partial charge in [0.05, 0.1) is 13.5 Å². The molecule has 0 bridgehead atoms. The molecule has 0 radical (unpaired) electrons. The van der Waals surface area contributed by atoms with Gasteiger partial charge in [0, 0.05) is 38.2 Å². The summed E-state index contributed by atoms with van der Waals surface area (Å²) >= 11 is 0. The molecule has 2 aliphatic rings. The SMILES string of the molecule is COC(=O)C[C@H]1c2ccccc2[C@@H]2CN(C(=O)CCCNc3ccccn3)CC[C@H]12. The van der Waals surface area contributed by atoms with Crippen LogP contribution in [0.5, 0.6) is 0 Å². The second kappa shape index (κ2) is 9.28. The van der Waals surface area contributed by atoms with Crippen LogP contribution in [-0.4, -0.2) is 48.5 Å². The van der Waals surface area contributed by atoms with Crippen LogP contribution in [0.2, 0.25) is 0 Å². The lowest BCUT2D eigenvalue weighted by molar-refractivity contribution is -0.142. The molecule has 0 spiro atoms. The van der Waals surface area contributed by atoms with Crippen molar-refractivity contribution in [3.8, 4) is 0 Å². The molecule has 1 saturated heterocycles. The Bertz CT molecular complexity index is 886. The minimum atomic E-state index is -0.158. The summed E-state index contributed by atoms with van der Waals surface area (Å²) in [5, 5.41) is 3.26. The lowest BCUT2D eigenvalue weighted by Gasteiger charge is -2.37. The molecule has 0 saturated carbocycles. The zero-order valence-corrected chi connectivity index (χ0v) is 17.4. The summed E-state index contributed by atoms with van der Waals surface area (Å²) in [7, 11) is 1.45. The smallest absolute Gasteiger partial charge is 0.306 e. The van der Waals surface area contributed by atoms with Crippen molar-refractivity contribution in [2.75, 3.05) is 32.1 Å². The van der Waals surface area contributed by atoms with Crippen LogP contribution in [0.3, 0.4) is 0 Å². The van der Waals surface area contributed by atoms with Crippen LogP contribution >= 0.6 is 0 Å². The number of carbonyl (C=O) groups excluding carboxylic acids is 2. The number of aromatic nitrogens is 1. The van der Waals surface area contributed by atoms with Crippen molar-refractivity contribution in [3.63, 3.8) is 0 Å². The quantitative estimate of drug-likeness (QED) is 0.561. The Hall–Kier alpha value is -2.89. The number of carbonyl (C=O) groups is 2. The maximum absolute atomic E-state index is 12.8. The average molecular weight is 408 g/mol. The minimum absolute atomic E-state index is 0.158. The zero-order chi connectivity index (χ0) is 20.9. The number of fused-ring (bicyclic) bond motifs is 3. The summed E-state index contributed by atoms with van der Waals surface area (Å²) in [6, 6.07) is 14.1. The van der Waals surface area contributed by atoms with E-state index in [1.807, 2.05) is 29.2 Å². The predicted molar refractivity (Wildman–Crippen MR) is 115 cm³/mol. The van der Waals surface area contributed by atoms with Crippen molar-refractivity contribution in [2.45, 2.75) is 37.5 Å². The van der Waals surface area contributed by atoms with Crippen LogP contribution in [-0.2, 0) is 14.3 Å². The van der Waals surface area contributed by atoms with E-state index in [2.05, 4.69) is 28.5 Å². The number of methoxy groups -OCH3 is 1. The molecule has 1 aromatic heterocycles. The Balaban J connectivity index is 1.34. The first kappa shape index (κ1) is 20.4. The largest absolute Gasteiger partial charge is 0.469 e. The van der Waals surface area contributed by atoms with E-state index in [0.717, 1.165) is 38.3 Å². The number of esters is 1. The van der Waals surface area contributed by atoms with Gasteiger partial charge in [-0.3, -0.25) is 9.59 Å². The van der Waals surface area contributed by atoms with Gasteiger partial charge >= 0.3 is 5.97 Å². The van der Waals surface area contributed by atoms with Gasteiger partial charge in [-0.2, -0.15) is 0 Å². The van der Waals surface area contributed by atoms with Crippen LogP contribution in [0.4, 0.5) is 5.82 Å². The summed E-state index contributed by atoms with van der Waals surface area (Å²) in [6.07, 6.45) is 4.41. The van der Waals surface area contributed by atoms with E-state index in [4.69, 9.17) is 4.74 Å². The van der Waals surface area contributed by atoms with E-state index in [9.17, 15) is 9.59 Å². The van der Waals surface area contributed by atoms with Gasteiger partial charge in [-0.15, -0.1) is 0 Å². The number of piperidine rings is 1. The van der Waals surface area contributed by atoms with Crippen LogP contribution in [0.15, 0.2) is 48.7 Å². The molecule has 2 heterocycles. The zero-order valence-electron chi connectivity index (χ0n) is 17.4. The van der Waals surface area contributed by atoms with E-state index in [1.54, 1.807) is 6.20 Å². The van der Waals surface area contributed by atoms with E-state index >= 15 is 0 Å². The summed E-state index contributed by atoms with van der Waals surface area (Å²) in [5.74, 6) is 1.79. The van der Waals surface area contributed by atoms with Gasteiger partial charge in [0.1, 0.15) is 5.82 Å². The normalized spacial score (nSPS) is 22.2. The van der Waals surface area contributed by atoms with E-state index < -0.39 is 0 Å². The Morgan fingerprint density at radius 3 is 2.73 bits per heavy atom. The van der Waals surface area contributed by atoms with Gasteiger partial charge in [-0.1, -0.05) is 30.3 Å². The Morgan fingerprint density at radius 2 is 1.97 bits per heavy atom. The van der Waals surface area contributed by atoms with Crippen molar-refractivity contribution in [1.82, 2.24) is 9.88 Å². The molecule has 1 amide bonds. The molecule has 6 nitrogen and oxygen atoms in total. The number of hydrogen-bond acceptors (Lipinski definition) is 5. The molecule has 4 rings (SSSR count). The highest BCUT2D eigenvalue weighted by atomic mass is 16.5. The van der Waals surface area contributed by atoms with E-state index in [0.29, 0.717) is 24.7 Å².